The predicted octanol–water partition coefficient (Wildman–Crippen LogP) is 4.40. The van der Waals surface area contributed by atoms with Crippen LogP contribution in [-0.4, -0.2) is 36.9 Å². The molecule has 174 valence electrons. The number of sulfonamides is 1. The van der Waals surface area contributed by atoms with Gasteiger partial charge in [-0.3, -0.25) is 4.79 Å². The maximum atomic E-state index is 13.4. The van der Waals surface area contributed by atoms with Gasteiger partial charge in [-0.25, -0.2) is 8.42 Å². The molecule has 0 aliphatic carbocycles. The summed E-state index contributed by atoms with van der Waals surface area (Å²) < 4.78 is 38.6. The summed E-state index contributed by atoms with van der Waals surface area (Å²) in [5.41, 5.74) is 3.32. The van der Waals surface area contributed by atoms with E-state index in [0.717, 1.165) is 16.8 Å². The fourth-order valence-corrected chi connectivity index (χ4v) is 5.61. The van der Waals surface area contributed by atoms with Gasteiger partial charge in [-0.2, -0.15) is 4.31 Å². The number of furan rings is 1. The molecule has 2 aromatic heterocycles. The minimum absolute atomic E-state index is 0.0448. The van der Waals surface area contributed by atoms with Crippen molar-refractivity contribution in [1.29, 1.82) is 0 Å². The largest absolute Gasteiger partial charge is 0.465 e. The van der Waals surface area contributed by atoms with Crippen molar-refractivity contribution < 1.29 is 22.2 Å². The molecule has 0 bridgehead atoms. The maximum absolute atomic E-state index is 13.4. The van der Waals surface area contributed by atoms with Gasteiger partial charge in [-0.15, -0.1) is 0 Å². The maximum Gasteiger partial charge on any atom is 0.248 e. The first-order valence-corrected chi connectivity index (χ1v) is 12.3. The van der Waals surface area contributed by atoms with Crippen molar-refractivity contribution in [2.24, 2.45) is 5.92 Å². The zero-order valence-corrected chi connectivity index (χ0v) is 19.7. The van der Waals surface area contributed by atoms with E-state index in [4.69, 9.17) is 8.94 Å². The molecule has 4 rings (SSSR count). The van der Waals surface area contributed by atoms with Gasteiger partial charge in [0.1, 0.15) is 11.5 Å². The second kappa shape index (κ2) is 9.36. The average Bonchev–Trinajstić information content (AvgIpc) is 3.44. The molecule has 1 aliphatic rings. The van der Waals surface area contributed by atoms with E-state index in [1.807, 2.05) is 32.0 Å². The van der Waals surface area contributed by atoms with Crippen LogP contribution in [0, 0.1) is 26.7 Å². The van der Waals surface area contributed by atoms with E-state index >= 15 is 0 Å². The Morgan fingerprint density at radius 3 is 2.55 bits per heavy atom. The van der Waals surface area contributed by atoms with Crippen molar-refractivity contribution >= 4 is 33.8 Å². The number of carbonyl (C=O) groups is 1. The molecule has 1 N–H and O–H groups in total. The highest BCUT2D eigenvalue weighted by molar-refractivity contribution is 7.89. The van der Waals surface area contributed by atoms with E-state index < -0.39 is 10.0 Å². The number of nitrogens with one attached hydrogen (secondary N) is 1. The normalized spacial score (nSPS) is 15.8. The average molecular weight is 470 g/mol. The minimum Gasteiger partial charge on any atom is -0.465 e. The second-order valence-corrected chi connectivity index (χ2v) is 10.2. The van der Waals surface area contributed by atoms with E-state index in [-0.39, 0.29) is 35.6 Å². The fraction of sp³-hybridized carbons (Fsp3) is 0.333. The Morgan fingerprint density at radius 1 is 1.12 bits per heavy atom. The zero-order chi connectivity index (χ0) is 23.6. The number of anilines is 1. The van der Waals surface area contributed by atoms with Crippen LogP contribution >= 0.6 is 0 Å². The van der Waals surface area contributed by atoms with Crippen molar-refractivity contribution in [3.8, 4) is 0 Å². The highest BCUT2D eigenvalue weighted by Gasteiger charge is 2.36. The highest BCUT2D eigenvalue weighted by Crippen LogP contribution is 2.29. The molecule has 1 aromatic carbocycles. The third-order valence-corrected chi connectivity index (χ3v) is 8.03. The Labute approximate surface area is 193 Å². The quantitative estimate of drug-likeness (QED) is 0.574. The van der Waals surface area contributed by atoms with Crippen LogP contribution in [-0.2, 0) is 14.8 Å². The second-order valence-electron chi connectivity index (χ2n) is 8.28. The van der Waals surface area contributed by atoms with Gasteiger partial charge in [0.25, 0.3) is 0 Å². The topological polar surface area (TPSA) is 106 Å². The third kappa shape index (κ3) is 4.94. The Morgan fingerprint density at radius 2 is 1.88 bits per heavy atom. The summed E-state index contributed by atoms with van der Waals surface area (Å²) in [7, 11) is -3.83. The lowest BCUT2D eigenvalue weighted by Crippen LogP contribution is -2.41. The molecule has 1 amide bonds. The van der Waals surface area contributed by atoms with Gasteiger partial charge in [0.2, 0.25) is 15.9 Å². The summed E-state index contributed by atoms with van der Waals surface area (Å²) in [5, 5.41) is 6.81. The monoisotopic (exact) mass is 469 g/mol. The Kier molecular flexibility index (Phi) is 6.53. The number of hydrogen-bond acceptors (Lipinski definition) is 6. The lowest BCUT2D eigenvalue weighted by Gasteiger charge is -2.30. The van der Waals surface area contributed by atoms with E-state index in [1.165, 1.54) is 16.6 Å². The predicted molar refractivity (Wildman–Crippen MR) is 125 cm³/mol. The van der Waals surface area contributed by atoms with Crippen LogP contribution in [0.15, 0.2) is 50.4 Å². The molecule has 3 heterocycles. The number of piperidine rings is 1. The van der Waals surface area contributed by atoms with Crippen LogP contribution in [0.3, 0.4) is 0 Å². The smallest absolute Gasteiger partial charge is 0.248 e. The fourth-order valence-electron chi connectivity index (χ4n) is 3.89. The first kappa shape index (κ1) is 23.0. The molecule has 9 heteroatoms. The molecular weight excluding hydrogens is 442 g/mol. The van der Waals surface area contributed by atoms with Crippen molar-refractivity contribution in [2.45, 2.75) is 38.5 Å². The van der Waals surface area contributed by atoms with Gasteiger partial charge >= 0.3 is 0 Å². The number of nitrogens with zero attached hydrogens (tertiary/aromatic N) is 2. The molecule has 1 aliphatic heterocycles. The van der Waals surface area contributed by atoms with Crippen LogP contribution in [0.2, 0.25) is 0 Å². The number of aromatic nitrogens is 1. The molecule has 33 heavy (non-hydrogen) atoms. The van der Waals surface area contributed by atoms with Gasteiger partial charge in [0, 0.05) is 24.7 Å². The van der Waals surface area contributed by atoms with E-state index in [9.17, 15) is 13.2 Å². The van der Waals surface area contributed by atoms with Gasteiger partial charge in [0.05, 0.1) is 6.26 Å². The first-order valence-electron chi connectivity index (χ1n) is 10.8. The molecule has 3 aromatic rings. The summed E-state index contributed by atoms with van der Waals surface area (Å²) >= 11 is 0. The van der Waals surface area contributed by atoms with Crippen molar-refractivity contribution in [1.82, 2.24) is 9.46 Å². The highest BCUT2D eigenvalue weighted by atomic mass is 32.2. The third-order valence-electron chi connectivity index (χ3n) is 5.97. The molecule has 0 atom stereocenters. The summed E-state index contributed by atoms with van der Waals surface area (Å²) in [6.45, 7) is 6.12. The van der Waals surface area contributed by atoms with Crippen molar-refractivity contribution in [2.75, 3.05) is 18.4 Å². The lowest BCUT2D eigenvalue weighted by atomic mass is 9.97. The summed E-state index contributed by atoms with van der Waals surface area (Å²) in [6, 6.07) is 9.29. The first-order chi connectivity index (χ1) is 15.8. The number of benzene rings is 1. The molecule has 8 nitrogen and oxygen atoms in total. The van der Waals surface area contributed by atoms with Crippen LogP contribution in [0.1, 0.15) is 41.2 Å². The van der Waals surface area contributed by atoms with Crippen molar-refractivity contribution in [3.63, 3.8) is 0 Å². The van der Waals surface area contributed by atoms with Gasteiger partial charge < -0.3 is 14.3 Å². The van der Waals surface area contributed by atoms with E-state index in [1.54, 1.807) is 25.1 Å². The zero-order valence-electron chi connectivity index (χ0n) is 18.9. The molecule has 0 unspecified atom stereocenters. The minimum atomic E-state index is -3.83. The SMILES string of the molecule is Cc1ccc(NC(=O)C2CCN(S(=O)(=O)c3c(C)noc3C=Cc3ccco3)CC2)cc1C. The molecule has 1 fully saturated rings. The van der Waals surface area contributed by atoms with Gasteiger partial charge in [-0.05, 0) is 81.2 Å². The molecule has 1 saturated heterocycles. The summed E-state index contributed by atoms with van der Waals surface area (Å²) in [5.74, 6) is 0.389. The number of rotatable bonds is 6. The number of carbonyl (C=O) groups excluding carboxylic acids is 1. The van der Waals surface area contributed by atoms with E-state index in [0.29, 0.717) is 24.3 Å². The lowest BCUT2D eigenvalue weighted by molar-refractivity contribution is -0.120. The Balaban J connectivity index is 1.43. The van der Waals surface area contributed by atoms with Crippen LogP contribution in [0.4, 0.5) is 5.69 Å². The summed E-state index contributed by atoms with van der Waals surface area (Å²) in [4.78, 5) is 12.8. The van der Waals surface area contributed by atoms with Crippen LogP contribution in [0.25, 0.3) is 12.2 Å². The molecule has 0 saturated carbocycles. The van der Waals surface area contributed by atoms with Crippen molar-refractivity contribution in [3.05, 3.63) is 64.9 Å². The standard InChI is InChI=1S/C24H27N3O5S/c1-16-6-7-20(15-17(16)2)25-24(28)19-10-12-27(13-11-19)33(29,30)23-18(3)26-32-22(23)9-8-21-5-4-14-31-21/h4-9,14-15,19H,10-13H2,1-3H3,(H,25,28). The Hall–Kier alpha value is -3.17. The van der Waals surface area contributed by atoms with Crippen LogP contribution < -0.4 is 5.32 Å². The van der Waals surface area contributed by atoms with E-state index in [2.05, 4.69) is 10.5 Å². The Bertz CT molecular complexity index is 1270. The number of aryl methyl sites for hydroxylation is 3. The van der Waals surface area contributed by atoms with Gasteiger partial charge in [0.15, 0.2) is 10.7 Å². The molecule has 0 spiro atoms. The summed E-state index contributed by atoms with van der Waals surface area (Å²) in [6.07, 6.45) is 5.58. The number of hydrogen-bond donors (Lipinski definition) is 1. The van der Waals surface area contributed by atoms with Gasteiger partial charge in [-0.1, -0.05) is 11.2 Å². The molecular formula is C24H27N3O5S. The van der Waals surface area contributed by atoms with Crippen LogP contribution in [0.5, 0.6) is 0 Å². The number of amides is 1. The molecule has 0 radical (unpaired) electrons.